The van der Waals surface area contributed by atoms with Crippen molar-refractivity contribution in [2.75, 3.05) is 18.0 Å². The Kier molecular flexibility index (Phi) is 3.18. The number of piperidine rings is 1. The van der Waals surface area contributed by atoms with Crippen LogP contribution in [0.15, 0.2) is 28.7 Å². The molecule has 2 heterocycles. The minimum absolute atomic E-state index is 0.250. The lowest BCUT2D eigenvalue weighted by atomic mass is 9.75. The lowest BCUT2D eigenvalue weighted by Crippen LogP contribution is -2.47. The Bertz CT molecular complexity index is 497. The molecule has 1 aromatic carbocycles. The van der Waals surface area contributed by atoms with Gasteiger partial charge in [-0.15, -0.1) is 0 Å². The predicted molar refractivity (Wildman–Crippen MR) is 80.2 cm³/mol. The van der Waals surface area contributed by atoms with Crippen molar-refractivity contribution >= 4 is 27.5 Å². The summed E-state index contributed by atoms with van der Waals surface area (Å²) in [5.41, 5.74) is 0.761. The van der Waals surface area contributed by atoms with Crippen LogP contribution in [0.25, 0.3) is 0 Å². The number of carbonyl (C=O) groups is 1. The minimum atomic E-state index is -0.250. The molecule has 1 aromatic rings. The van der Waals surface area contributed by atoms with Crippen LogP contribution in [-0.4, -0.2) is 25.0 Å². The van der Waals surface area contributed by atoms with Gasteiger partial charge in [-0.2, -0.15) is 0 Å². The van der Waals surface area contributed by atoms with E-state index in [4.69, 9.17) is 0 Å². The number of fused-ring (bicyclic) bond motifs is 1. The Balaban J connectivity index is 2.00. The van der Waals surface area contributed by atoms with E-state index in [1.54, 1.807) is 0 Å². The van der Waals surface area contributed by atoms with Crippen molar-refractivity contribution in [1.82, 2.24) is 5.32 Å². The highest BCUT2D eigenvalue weighted by molar-refractivity contribution is 9.10. The smallest absolute Gasteiger partial charge is 0.233 e. The molecule has 2 aliphatic heterocycles. The molecule has 0 aliphatic carbocycles. The maximum absolute atomic E-state index is 12.8. The van der Waals surface area contributed by atoms with E-state index < -0.39 is 0 Å². The third kappa shape index (κ3) is 2.01. The Morgan fingerprint density at radius 2 is 2.00 bits per heavy atom. The molecule has 0 bridgehead atoms. The molecule has 0 aromatic heterocycles. The van der Waals surface area contributed by atoms with Crippen LogP contribution >= 0.6 is 15.9 Å². The maximum atomic E-state index is 12.8. The largest absolute Gasteiger partial charge is 0.315 e. The fourth-order valence-corrected chi connectivity index (χ4v) is 3.75. The molecule has 2 saturated heterocycles. The average Bonchev–Trinajstić information content (AvgIpc) is 2.60. The monoisotopic (exact) mass is 322 g/mol. The maximum Gasteiger partial charge on any atom is 0.233 e. The van der Waals surface area contributed by atoms with Crippen molar-refractivity contribution in [3.63, 3.8) is 0 Å². The van der Waals surface area contributed by atoms with Crippen LogP contribution in [0.4, 0.5) is 5.69 Å². The van der Waals surface area contributed by atoms with Crippen LogP contribution in [0.3, 0.4) is 0 Å². The van der Waals surface area contributed by atoms with Gasteiger partial charge in [0, 0.05) is 22.1 Å². The zero-order valence-corrected chi connectivity index (χ0v) is 12.9. The number of rotatable bonds is 1. The standard InChI is InChI=1S/C15H19BrN2O/c1-15(2)12-7-8-17-9-13(12)18(14(15)19)11-5-3-10(16)4-6-11/h3-6,12-13,17H,7-9H2,1-2H3. The molecule has 2 unspecified atom stereocenters. The van der Waals surface area contributed by atoms with Gasteiger partial charge in [-0.1, -0.05) is 29.8 Å². The van der Waals surface area contributed by atoms with Crippen molar-refractivity contribution < 1.29 is 4.79 Å². The lowest BCUT2D eigenvalue weighted by molar-refractivity contribution is -0.125. The number of nitrogens with one attached hydrogen (secondary N) is 1. The molecule has 3 rings (SSSR count). The second-order valence-electron chi connectivity index (χ2n) is 6.04. The summed E-state index contributed by atoms with van der Waals surface area (Å²) in [4.78, 5) is 14.8. The molecular formula is C15H19BrN2O. The molecular weight excluding hydrogens is 304 g/mol. The number of hydrogen-bond donors (Lipinski definition) is 1. The third-order valence-electron chi connectivity index (χ3n) is 4.58. The van der Waals surface area contributed by atoms with Crippen molar-refractivity contribution in [2.45, 2.75) is 26.3 Å². The van der Waals surface area contributed by atoms with E-state index in [1.807, 2.05) is 29.2 Å². The Hall–Kier alpha value is -0.870. The molecule has 1 N–H and O–H groups in total. The first-order valence-corrected chi connectivity index (χ1v) is 7.61. The van der Waals surface area contributed by atoms with E-state index >= 15 is 0 Å². The van der Waals surface area contributed by atoms with Gasteiger partial charge in [-0.3, -0.25) is 4.79 Å². The van der Waals surface area contributed by atoms with Crippen molar-refractivity contribution in [2.24, 2.45) is 11.3 Å². The van der Waals surface area contributed by atoms with E-state index in [2.05, 4.69) is 35.1 Å². The summed E-state index contributed by atoms with van der Waals surface area (Å²) in [5.74, 6) is 0.707. The summed E-state index contributed by atoms with van der Waals surface area (Å²) in [5, 5.41) is 3.42. The topological polar surface area (TPSA) is 32.3 Å². The Labute approximate surface area is 122 Å². The third-order valence-corrected chi connectivity index (χ3v) is 5.11. The average molecular weight is 323 g/mol. The fraction of sp³-hybridized carbons (Fsp3) is 0.533. The van der Waals surface area contributed by atoms with Crippen molar-refractivity contribution in [3.05, 3.63) is 28.7 Å². The van der Waals surface area contributed by atoms with Crippen molar-refractivity contribution in [1.29, 1.82) is 0 Å². The normalized spacial score (nSPS) is 29.4. The number of halogens is 1. The number of nitrogens with zero attached hydrogens (tertiary/aromatic N) is 1. The summed E-state index contributed by atoms with van der Waals surface area (Å²) < 4.78 is 1.04. The molecule has 0 saturated carbocycles. The molecule has 19 heavy (non-hydrogen) atoms. The highest BCUT2D eigenvalue weighted by atomic mass is 79.9. The number of carbonyl (C=O) groups excluding carboxylic acids is 1. The molecule has 1 amide bonds. The Morgan fingerprint density at radius 3 is 2.68 bits per heavy atom. The molecule has 4 heteroatoms. The van der Waals surface area contributed by atoms with Gasteiger partial charge in [0.2, 0.25) is 5.91 Å². The first-order valence-electron chi connectivity index (χ1n) is 6.82. The van der Waals surface area contributed by atoms with Crippen LogP contribution in [0.1, 0.15) is 20.3 Å². The Morgan fingerprint density at radius 1 is 1.32 bits per heavy atom. The van der Waals surface area contributed by atoms with Crippen LogP contribution in [0.2, 0.25) is 0 Å². The van der Waals surface area contributed by atoms with Crippen molar-refractivity contribution in [3.8, 4) is 0 Å². The zero-order valence-electron chi connectivity index (χ0n) is 11.3. The molecule has 2 aliphatic rings. The highest BCUT2D eigenvalue weighted by Gasteiger charge is 2.54. The highest BCUT2D eigenvalue weighted by Crippen LogP contribution is 2.45. The second kappa shape index (κ2) is 4.60. The number of amides is 1. The van der Waals surface area contributed by atoms with Gasteiger partial charge in [0.05, 0.1) is 6.04 Å². The zero-order chi connectivity index (χ0) is 13.6. The first kappa shape index (κ1) is 13.1. The van der Waals surface area contributed by atoms with E-state index in [0.29, 0.717) is 5.92 Å². The number of benzene rings is 1. The first-order chi connectivity index (χ1) is 9.01. The quantitative estimate of drug-likeness (QED) is 0.862. The van der Waals surface area contributed by atoms with Gasteiger partial charge in [0.1, 0.15) is 0 Å². The summed E-state index contributed by atoms with van der Waals surface area (Å²) >= 11 is 3.44. The lowest BCUT2D eigenvalue weighted by Gasteiger charge is -2.34. The summed E-state index contributed by atoms with van der Waals surface area (Å²) in [6.45, 7) is 6.11. The summed E-state index contributed by atoms with van der Waals surface area (Å²) in [6, 6.07) is 8.33. The minimum Gasteiger partial charge on any atom is -0.315 e. The van der Waals surface area contributed by atoms with Gasteiger partial charge >= 0.3 is 0 Å². The SMILES string of the molecule is CC1(C)C(=O)N(c2ccc(Br)cc2)C2CNCCC21. The van der Waals surface area contributed by atoms with Crippen LogP contribution < -0.4 is 10.2 Å². The van der Waals surface area contributed by atoms with E-state index in [-0.39, 0.29) is 17.4 Å². The molecule has 2 atom stereocenters. The molecule has 2 fully saturated rings. The number of hydrogen-bond acceptors (Lipinski definition) is 2. The van der Waals surface area contributed by atoms with E-state index in [1.165, 1.54) is 0 Å². The van der Waals surface area contributed by atoms with E-state index in [9.17, 15) is 4.79 Å². The van der Waals surface area contributed by atoms with Gasteiger partial charge in [0.25, 0.3) is 0 Å². The molecule has 102 valence electrons. The molecule has 0 spiro atoms. The second-order valence-corrected chi connectivity index (χ2v) is 6.96. The van der Waals surface area contributed by atoms with Gasteiger partial charge in [0.15, 0.2) is 0 Å². The van der Waals surface area contributed by atoms with Gasteiger partial charge in [-0.25, -0.2) is 0 Å². The van der Waals surface area contributed by atoms with Crippen LogP contribution in [0, 0.1) is 11.3 Å². The van der Waals surface area contributed by atoms with E-state index in [0.717, 1.165) is 29.7 Å². The summed E-state index contributed by atoms with van der Waals surface area (Å²) in [6.07, 6.45) is 1.08. The number of anilines is 1. The van der Waals surface area contributed by atoms with Gasteiger partial charge < -0.3 is 10.2 Å². The predicted octanol–water partition coefficient (Wildman–Crippen LogP) is 2.80. The van der Waals surface area contributed by atoms with Crippen LogP contribution in [0.5, 0.6) is 0 Å². The molecule has 0 radical (unpaired) electrons. The molecule has 3 nitrogen and oxygen atoms in total. The van der Waals surface area contributed by atoms with Gasteiger partial charge in [-0.05, 0) is 43.1 Å². The fourth-order valence-electron chi connectivity index (χ4n) is 3.49. The summed E-state index contributed by atoms with van der Waals surface area (Å²) in [7, 11) is 0. The van der Waals surface area contributed by atoms with Crippen LogP contribution in [-0.2, 0) is 4.79 Å².